The lowest BCUT2D eigenvalue weighted by Crippen LogP contribution is -2.11. The molecule has 4 rings (SSSR count). The minimum atomic E-state index is 0.139. The molecule has 2 aromatic carbocycles. The van der Waals surface area contributed by atoms with Crippen LogP contribution in [0.1, 0.15) is 35.4 Å². The summed E-state index contributed by atoms with van der Waals surface area (Å²) in [7, 11) is 0. The van der Waals surface area contributed by atoms with Gasteiger partial charge in [0.05, 0.1) is 6.61 Å². The second kappa shape index (κ2) is 6.32. The van der Waals surface area contributed by atoms with Gasteiger partial charge in [0.2, 0.25) is 0 Å². The molecule has 0 fully saturated rings. The Bertz CT molecular complexity index is 868. The molecule has 3 aromatic rings. The molecule has 1 aliphatic rings. The number of hydrogen-bond donors (Lipinski definition) is 0. The maximum Gasteiger partial charge on any atom is 0.321 e. The molecule has 4 nitrogen and oxygen atoms in total. The van der Waals surface area contributed by atoms with Gasteiger partial charge in [-0.15, -0.1) is 5.10 Å². The monoisotopic (exact) mass is 317 g/mol. The lowest BCUT2D eigenvalue weighted by Gasteiger charge is -2.17. The van der Waals surface area contributed by atoms with Crippen molar-refractivity contribution in [2.75, 3.05) is 6.61 Å². The van der Waals surface area contributed by atoms with Crippen molar-refractivity contribution in [3.8, 4) is 6.01 Å². The first-order valence-corrected chi connectivity index (χ1v) is 8.25. The molecule has 120 valence electrons. The van der Waals surface area contributed by atoms with Crippen LogP contribution < -0.4 is 4.74 Å². The third kappa shape index (κ3) is 2.60. The van der Waals surface area contributed by atoms with Gasteiger partial charge in [0.1, 0.15) is 5.82 Å². The van der Waals surface area contributed by atoms with Crippen LogP contribution in [0.4, 0.5) is 0 Å². The molecule has 0 radical (unpaired) electrons. The van der Waals surface area contributed by atoms with Crippen LogP contribution >= 0.6 is 0 Å². The number of nitrogens with zero attached hydrogens (tertiary/aromatic N) is 3. The number of fused-ring (bicyclic) bond motifs is 2. The van der Waals surface area contributed by atoms with E-state index < -0.39 is 0 Å². The standard InChI is InChI=1S/C20H19N3O/c1-2-24-20-22-21-19-18(14-15-8-4-3-5-9-15)17-11-7-6-10-16(17)12-13-23(19)20/h3-13,18H,2,14H2,1H3. The molecule has 1 unspecified atom stereocenters. The van der Waals surface area contributed by atoms with Crippen molar-refractivity contribution in [2.45, 2.75) is 19.3 Å². The van der Waals surface area contributed by atoms with Crippen LogP contribution in [0.3, 0.4) is 0 Å². The van der Waals surface area contributed by atoms with Crippen molar-refractivity contribution in [3.05, 3.63) is 77.1 Å². The Hall–Kier alpha value is -2.88. The fourth-order valence-corrected chi connectivity index (χ4v) is 3.22. The maximum absolute atomic E-state index is 5.64. The van der Waals surface area contributed by atoms with E-state index in [1.165, 1.54) is 16.7 Å². The number of benzene rings is 2. The van der Waals surface area contributed by atoms with Crippen molar-refractivity contribution in [1.82, 2.24) is 14.8 Å². The second-order valence-corrected chi connectivity index (χ2v) is 5.83. The Morgan fingerprint density at radius 1 is 1.00 bits per heavy atom. The summed E-state index contributed by atoms with van der Waals surface area (Å²) in [6, 6.07) is 19.5. The zero-order valence-corrected chi connectivity index (χ0v) is 13.6. The smallest absolute Gasteiger partial charge is 0.321 e. The van der Waals surface area contributed by atoms with Crippen LogP contribution in [0.15, 0.2) is 54.6 Å². The minimum Gasteiger partial charge on any atom is -0.464 e. The van der Waals surface area contributed by atoms with Crippen molar-refractivity contribution < 1.29 is 4.74 Å². The normalized spacial score (nSPS) is 15.5. The fourth-order valence-electron chi connectivity index (χ4n) is 3.22. The molecule has 1 aromatic heterocycles. The maximum atomic E-state index is 5.64. The highest BCUT2D eigenvalue weighted by molar-refractivity contribution is 5.67. The molecule has 0 N–H and O–H groups in total. The first-order valence-electron chi connectivity index (χ1n) is 8.25. The van der Waals surface area contributed by atoms with E-state index in [1.807, 2.05) is 23.8 Å². The Labute approximate surface area is 141 Å². The highest BCUT2D eigenvalue weighted by Gasteiger charge is 2.26. The number of hydrogen-bond acceptors (Lipinski definition) is 3. The van der Waals surface area contributed by atoms with E-state index in [4.69, 9.17) is 4.74 Å². The van der Waals surface area contributed by atoms with Crippen molar-refractivity contribution >= 4 is 12.3 Å². The van der Waals surface area contributed by atoms with E-state index in [0.29, 0.717) is 12.6 Å². The summed E-state index contributed by atoms with van der Waals surface area (Å²) in [4.78, 5) is 0. The van der Waals surface area contributed by atoms with E-state index in [0.717, 1.165) is 12.2 Å². The second-order valence-electron chi connectivity index (χ2n) is 5.83. The van der Waals surface area contributed by atoms with Crippen molar-refractivity contribution in [3.63, 3.8) is 0 Å². The van der Waals surface area contributed by atoms with Gasteiger partial charge in [0, 0.05) is 12.1 Å². The molecule has 1 aliphatic heterocycles. The zero-order chi connectivity index (χ0) is 16.4. The van der Waals surface area contributed by atoms with Crippen LogP contribution in [0.25, 0.3) is 12.3 Å². The van der Waals surface area contributed by atoms with Crippen molar-refractivity contribution in [2.24, 2.45) is 0 Å². The minimum absolute atomic E-state index is 0.139. The van der Waals surface area contributed by atoms with E-state index in [9.17, 15) is 0 Å². The lowest BCUT2D eigenvalue weighted by atomic mass is 9.88. The van der Waals surface area contributed by atoms with E-state index in [2.05, 4.69) is 64.8 Å². The van der Waals surface area contributed by atoms with Gasteiger partial charge in [-0.2, -0.15) is 0 Å². The first-order chi connectivity index (χ1) is 11.9. The third-order valence-electron chi connectivity index (χ3n) is 4.33. The van der Waals surface area contributed by atoms with Crippen LogP contribution in [0, 0.1) is 0 Å². The summed E-state index contributed by atoms with van der Waals surface area (Å²) >= 11 is 0. The number of ether oxygens (including phenoxy) is 1. The number of rotatable bonds is 4. The molecular weight excluding hydrogens is 298 g/mol. The number of aromatic nitrogens is 3. The summed E-state index contributed by atoms with van der Waals surface area (Å²) in [5, 5.41) is 8.68. The molecule has 2 heterocycles. The van der Waals surface area contributed by atoms with Crippen LogP contribution in [0.5, 0.6) is 6.01 Å². The van der Waals surface area contributed by atoms with Gasteiger partial charge in [-0.3, -0.25) is 4.57 Å². The molecule has 1 atom stereocenters. The largest absolute Gasteiger partial charge is 0.464 e. The predicted octanol–water partition coefficient (Wildman–Crippen LogP) is 3.99. The van der Waals surface area contributed by atoms with Gasteiger partial charge < -0.3 is 4.74 Å². The summed E-state index contributed by atoms with van der Waals surface area (Å²) in [5.41, 5.74) is 3.77. The van der Waals surface area contributed by atoms with E-state index >= 15 is 0 Å². The third-order valence-corrected chi connectivity index (χ3v) is 4.33. The molecule has 0 aliphatic carbocycles. The predicted molar refractivity (Wildman–Crippen MR) is 94.8 cm³/mol. The molecule has 0 spiro atoms. The molecule has 0 amide bonds. The van der Waals surface area contributed by atoms with Gasteiger partial charge in [-0.05, 0) is 36.1 Å². The Morgan fingerprint density at radius 3 is 2.62 bits per heavy atom. The summed E-state index contributed by atoms with van der Waals surface area (Å²) in [6.45, 7) is 2.53. The average molecular weight is 317 g/mol. The van der Waals surface area contributed by atoms with Crippen LogP contribution in [0.2, 0.25) is 0 Å². The summed E-state index contributed by atoms with van der Waals surface area (Å²) in [6.07, 6.45) is 4.99. The fraction of sp³-hybridized carbons (Fsp3) is 0.200. The van der Waals surface area contributed by atoms with E-state index in [1.54, 1.807) is 0 Å². The molecular formula is C20H19N3O. The van der Waals surface area contributed by atoms with Crippen LogP contribution in [-0.4, -0.2) is 21.4 Å². The van der Waals surface area contributed by atoms with Gasteiger partial charge in [0.15, 0.2) is 0 Å². The molecule has 0 saturated carbocycles. The summed E-state index contributed by atoms with van der Waals surface area (Å²) in [5.74, 6) is 1.06. The van der Waals surface area contributed by atoms with Crippen LogP contribution in [-0.2, 0) is 6.42 Å². The van der Waals surface area contributed by atoms with Crippen molar-refractivity contribution in [1.29, 1.82) is 0 Å². The molecule has 4 heteroatoms. The Kier molecular flexibility index (Phi) is 3.87. The van der Waals surface area contributed by atoms with Gasteiger partial charge >= 0.3 is 6.01 Å². The Balaban J connectivity index is 1.83. The van der Waals surface area contributed by atoms with Gasteiger partial charge in [-0.25, -0.2) is 0 Å². The van der Waals surface area contributed by atoms with Gasteiger partial charge in [-0.1, -0.05) is 59.7 Å². The summed E-state index contributed by atoms with van der Waals surface area (Å²) < 4.78 is 7.60. The SMILES string of the molecule is CCOc1nnc2n1C=Cc1ccccc1C2Cc1ccccc1. The highest BCUT2D eigenvalue weighted by Crippen LogP contribution is 2.34. The highest BCUT2D eigenvalue weighted by atomic mass is 16.5. The lowest BCUT2D eigenvalue weighted by molar-refractivity contribution is 0.307. The quantitative estimate of drug-likeness (QED) is 0.730. The zero-order valence-electron chi connectivity index (χ0n) is 13.6. The molecule has 24 heavy (non-hydrogen) atoms. The molecule has 0 bridgehead atoms. The molecule has 0 saturated heterocycles. The average Bonchev–Trinajstić information content (AvgIpc) is 2.95. The topological polar surface area (TPSA) is 39.9 Å². The first kappa shape index (κ1) is 14.7. The Morgan fingerprint density at radius 2 is 1.79 bits per heavy atom. The van der Waals surface area contributed by atoms with E-state index in [-0.39, 0.29) is 5.92 Å². The van der Waals surface area contributed by atoms with Gasteiger partial charge in [0.25, 0.3) is 0 Å².